The van der Waals surface area contributed by atoms with Gasteiger partial charge in [-0.25, -0.2) is 9.97 Å². The molecule has 0 bridgehead atoms. The van der Waals surface area contributed by atoms with Crippen LogP contribution >= 0.6 is 0 Å². The first-order valence-electron chi connectivity index (χ1n) is 7.97. The second-order valence-corrected chi connectivity index (χ2v) is 5.64. The highest BCUT2D eigenvalue weighted by Crippen LogP contribution is 2.36. The van der Waals surface area contributed by atoms with Gasteiger partial charge in [0.1, 0.15) is 12.1 Å². The molecule has 0 unspecified atom stereocenters. The van der Waals surface area contributed by atoms with Crippen molar-refractivity contribution >= 4 is 17.9 Å². The summed E-state index contributed by atoms with van der Waals surface area (Å²) in [6, 6.07) is 17.5. The van der Waals surface area contributed by atoms with Crippen LogP contribution in [0.1, 0.15) is 10.4 Å². The Morgan fingerprint density at radius 1 is 1.00 bits per heavy atom. The number of anilines is 1. The van der Waals surface area contributed by atoms with E-state index < -0.39 is 0 Å². The molecule has 122 valence electrons. The third-order valence-corrected chi connectivity index (χ3v) is 4.17. The van der Waals surface area contributed by atoms with Crippen LogP contribution in [-0.2, 0) is 0 Å². The van der Waals surface area contributed by atoms with Crippen LogP contribution in [0.2, 0.25) is 0 Å². The molecule has 2 aromatic carbocycles. The van der Waals surface area contributed by atoms with Gasteiger partial charge in [-0.2, -0.15) is 0 Å². The van der Waals surface area contributed by atoms with Crippen LogP contribution in [0.4, 0.5) is 5.82 Å². The van der Waals surface area contributed by atoms with Crippen LogP contribution < -0.4 is 5.32 Å². The standard InChI is InChI=1S/C20H16N4O/c1-21-19-17(15-5-3-2-4-6-15)18(23-20-22-11-12-24(19)20)16-9-7-14(13-25)8-10-16/h2-13,21H,1H3. The number of aromatic nitrogens is 3. The third kappa shape index (κ3) is 2.55. The van der Waals surface area contributed by atoms with Gasteiger partial charge in [0.2, 0.25) is 5.78 Å². The molecule has 5 nitrogen and oxygen atoms in total. The number of rotatable bonds is 4. The zero-order valence-electron chi connectivity index (χ0n) is 13.7. The normalized spacial score (nSPS) is 10.8. The molecular weight excluding hydrogens is 312 g/mol. The maximum atomic E-state index is 10.9. The van der Waals surface area contributed by atoms with Gasteiger partial charge < -0.3 is 5.32 Å². The topological polar surface area (TPSA) is 59.3 Å². The molecule has 0 saturated carbocycles. The molecule has 0 fully saturated rings. The predicted molar refractivity (Wildman–Crippen MR) is 98.8 cm³/mol. The molecule has 0 aliphatic heterocycles. The molecular formula is C20H16N4O. The molecule has 0 radical (unpaired) electrons. The fourth-order valence-corrected chi connectivity index (χ4v) is 2.99. The van der Waals surface area contributed by atoms with Gasteiger partial charge in [-0.1, -0.05) is 54.6 Å². The highest BCUT2D eigenvalue weighted by atomic mass is 16.1. The first-order valence-corrected chi connectivity index (χ1v) is 7.97. The van der Waals surface area contributed by atoms with Gasteiger partial charge in [-0.05, 0) is 5.56 Å². The zero-order chi connectivity index (χ0) is 17.2. The fraction of sp³-hybridized carbons (Fsp3) is 0.0500. The molecule has 0 aliphatic rings. The van der Waals surface area contributed by atoms with Crippen molar-refractivity contribution in [1.29, 1.82) is 0 Å². The Kier molecular flexibility index (Phi) is 3.74. The first kappa shape index (κ1) is 15.1. The van der Waals surface area contributed by atoms with Crippen molar-refractivity contribution < 1.29 is 4.79 Å². The van der Waals surface area contributed by atoms with Gasteiger partial charge in [0.25, 0.3) is 0 Å². The lowest BCUT2D eigenvalue weighted by molar-refractivity contribution is 0.112. The molecule has 1 N–H and O–H groups in total. The second kappa shape index (κ2) is 6.20. The van der Waals surface area contributed by atoms with Gasteiger partial charge in [-0.3, -0.25) is 9.20 Å². The van der Waals surface area contributed by atoms with Crippen molar-refractivity contribution in [1.82, 2.24) is 14.4 Å². The lowest BCUT2D eigenvalue weighted by Crippen LogP contribution is -2.04. The van der Waals surface area contributed by atoms with Gasteiger partial charge in [0, 0.05) is 36.1 Å². The molecule has 0 spiro atoms. The maximum absolute atomic E-state index is 10.9. The Bertz CT molecular complexity index is 1040. The van der Waals surface area contributed by atoms with Crippen LogP contribution in [0.3, 0.4) is 0 Å². The molecule has 0 aliphatic carbocycles. The number of aldehydes is 1. The van der Waals surface area contributed by atoms with Gasteiger partial charge in [-0.15, -0.1) is 0 Å². The number of benzene rings is 2. The molecule has 25 heavy (non-hydrogen) atoms. The quantitative estimate of drug-likeness (QED) is 0.577. The van der Waals surface area contributed by atoms with Crippen molar-refractivity contribution in [2.24, 2.45) is 0 Å². The van der Waals surface area contributed by atoms with Crippen LogP contribution in [0.15, 0.2) is 67.0 Å². The summed E-state index contributed by atoms with van der Waals surface area (Å²) in [5.41, 5.74) is 4.45. The average Bonchev–Trinajstić information content (AvgIpc) is 3.15. The summed E-state index contributed by atoms with van der Waals surface area (Å²) in [6.45, 7) is 0. The number of carbonyl (C=O) groups excluding carboxylic acids is 1. The molecule has 0 amide bonds. The van der Waals surface area contributed by atoms with Gasteiger partial charge in [0.15, 0.2) is 0 Å². The number of carbonyl (C=O) groups is 1. The lowest BCUT2D eigenvalue weighted by atomic mass is 9.99. The molecule has 5 heteroatoms. The summed E-state index contributed by atoms with van der Waals surface area (Å²) in [7, 11) is 1.89. The van der Waals surface area contributed by atoms with Crippen LogP contribution in [-0.4, -0.2) is 27.7 Å². The summed E-state index contributed by atoms with van der Waals surface area (Å²) in [6.07, 6.45) is 4.46. The largest absolute Gasteiger partial charge is 0.374 e. The summed E-state index contributed by atoms with van der Waals surface area (Å²) in [5.74, 6) is 1.54. The van der Waals surface area contributed by atoms with Crippen LogP contribution in [0.5, 0.6) is 0 Å². The van der Waals surface area contributed by atoms with E-state index in [1.807, 2.05) is 48.0 Å². The summed E-state index contributed by atoms with van der Waals surface area (Å²) >= 11 is 0. The van der Waals surface area contributed by atoms with E-state index in [0.717, 1.165) is 34.5 Å². The van der Waals surface area contributed by atoms with Crippen LogP contribution in [0, 0.1) is 0 Å². The van der Waals surface area contributed by atoms with E-state index in [0.29, 0.717) is 11.3 Å². The number of nitrogens with zero attached hydrogens (tertiary/aromatic N) is 3. The average molecular weight is 328 g/mol. The minimum absolute atomic E-state index is 0.624. The van der Waals surface area contributed by atoms with E-state index in [4.69, 9.17) is 4.98 Å². The lowest BCUT2D eigenvalue weighted by Gasteiger charge is -2.16. The van der Waals surface area contributed by atoms with E-state index in [-0.39, 0.29) is 0 Å². The highest BCUT2D eigenvalue weighted by Gasteiger charge is 2.18. The first-order chi connectivity index (χ1) is 12.3. The smallest absolute Gasteiger partial charge is 0.235 e. The molecule has 2 heterocycles. The fourth-order valence-electron chi connectivity index (χ4n) is 2.99. The Hall–Kier alpha value is -3.47. The third-order valence-electron chi connectivity index (χ3n) is 4.17. The van der Waals surface area contributed by atoms with E-state index in [9.17, 15) is 4.79 Å². The predicted octanol–water partition coefficient (Wildman–Crippen LogP) is 3.92. The number of nitrogens with one attached hydrogen (secondary N) is 1. The number of hydrogen-bond donors (Lipinski definition) is 1. The minimum atomic E-state index is 0.624. The van der Waals surface area contributed by atoms with Crippen molar-refractivity contribution in [3.63, 3.8) is 0 Å². The van der Waals surface area contributed by atoms with Crippen molar-refractivity contribution in [2.45, 2.75) is 0 Å². The molecule has 0 saturated heterocycles. The highest BCUT2D eigenvalue weighted by molar-refractivity contribution is 5.90. The molecule has 4 rings (SSSR count). The Morgan fingerprint density at radius 2 is 1.76 bits per heavy atom. The zero-order valence-corrected chi connectivity index (χ0v) is 13.7. The monoisotopic (exact) mass is 328 g/mol. The Balaban J connectivity index is 2.06. The number of imidazole rings is 1. The van der Waals surface area contributed by atoms with Crippen molar-refractivity contribution in [2.75, 3.05) is 12.4 Å². The Morgan fingerprint density at radius 3 is 2.44 bits per heavy atom. The number of fused-ring (bicyclic) bond motifs is 1. The van der Waals surface area contributed by atoms with E-state index >= 15 is 0 Å². The van der Waals surface area contributed by atoms with E-state index in [2.05, 4.69) is 22.4 Å². The van der Waals surface area contributed by atoms with Gasteiger partial charge in [0.05, 0.1) is 5.69 Å². The SMILES string of the molecule is CNc1c(-c2ccccc2)c(-c2ccc(C=O)cc2)nc2nccn12. The van der Waals surface area contributed by atoms with E-state index in [1.165, 1.54) is 0 Å². The van der Waals surface area contributed by atoms with Crippen LogP contribution in [0.25, 0.3) is 28.2 Å². The maximum Gasteiger partial charge on any atom is 0.235 e. The van der Waals surface area contributed by atoms with Gasteiger partial charge >= 0.3 is 0 Å². The van der Waals surface area contributed by atoms with Crippen molar-refractivity contribution in [3.05, 3.63) is 72.6 Å². The molecule has 4 aromatic rings. The summed E-state index contributed by atoms with van der Waals surface area (Å²) < 4.78 is 1.94. The summed E-state index contributed by atoms with van der Waals surface area (Å²) in [5, 5.41) is 3.28. The summed E-state index contributed by atoms with van der Waals surface area (Å²) in [4.78, 5) is 20.1. The molecule has 0 atom stereocenters. The minimum Gasteiger partial charge on any atom is -0.374 e. The van der Waals surface area contributed by atoms with Crippen molar-refractivity contribution in [3.8, 4) is 22.4 Å². The Labute approximate surface area is 145 Å². The second-order valence-electron chi connectivity index (χ2n) is 5.64. The number of hydrogen-bond acceptors (Lipinski definition) is 4. The van der Waals surface area contributed by atoms with E-state index in [1.54, 1.807) is 18.3 Å². The molecule has 2 aromatic heterocycles.